The maximum atomic E-state index is 5.78. The second-order valence-electron chi connectivity index (χ2n) is 6.53. The van der Waals surface area contributed by atoms with Crippen LogP contribution in [0, 0.1) is 0 Å². The van der Waals surface area contributed by atoms with Gasteiger partial charge in [0.15, 0.2) is 17.3 Å². The molecule has 2 saturated heterocycles. The van der Waals surface area contributed by atoms with E-state index in [9.17, 15) is 0 Å². The van der Waals surface area contributed by atoms with E-state index in [4.69, 9.17) is 18.9 Å². The summed E-state index contributed by atoms with van der Waals surface area (Å²) in [6, 6.07) is 7.49. The lowest BCUT2D eigenvalue weighted by molar-refractivity contribution is -0.169. The van der Waals surface area contributed by atoms with Crippen LogP contribution in [0.25, 0.3) is 0 Å². The molecule has 0 atom stereocenters. The number of anilines is 3. The van der Waals surface area contributed by atoms with Crippen molar-refractivity contribution in [3.63, 3.8) is 0 Å². The number of nitrogens with zero attached hydrogens (tertiary/aromatic N) is 3. The first-order chi connectivity index (χ1) is 13.2. The van der Waals surface area contributed by atoms with Crippen molar-refractivity contribution in [2.45, 2.75) is 18.6 Å². The summed E-state index contributed by atoms with van der Waals surface area (Å²) in [4.78, 5) is 11.2. The summed E-state index contributed by atoms with van der Waals surface area (Å²) in [7, 11) is 3.23. The molecule has 3 heterocycles. The van der Waals surface area contributed by atoms with E-state index in [-0.39, 0.29) is 0 Å². The molecule has 1 aromatic heterocycles. The van der Waals surface area contributed by atoms with Crippen LogP contribution in [0.4, 0.5) is 17.5 Å². The van der Waals surface area contributed by atoms with E-state index in [0.717, 1.165) is 37.4 Å². The van der Waals surface area contributed by atoms with Crippen LogP contribution in [-0.4, -0.2) is 56.3 Å². The lowest BCUT2D eigenvalue weighted by atomic mass is 10.0. The molecule has 0 saturated carbocycles. The maximum Gasteiger partial charge on any atom is 0.227 e. The first kappa shape index (κ1) is 17.8. The van der Waals surface area contributed by atoms with Gasteiger partial charge in [-0.3, -0.25) is 0 Å². The number of nitrogens with one attached hydrogen (secondary N) is 1. The minimum absolute atomic E-state index is 0.397. The molecule has 2 aromatic rings. The fraction of sp³-hybridized carbons (Fsp3) is 0.474. The monoisotopic (exact) mass is 372 g/mol. The third-order valence-electron chi connectivity index (χ3n) is 4.92. The molecule has 1 spiro atoms. The molecule has 8 heteroatoms. The van der Waals surface area contributed by atoms with E-state index in [1.807, 2.05) is 24.3 Å². The first-order valence-electron chi connectivity index (χ1n) is 9.06. The second-order valence-corrected chi connectivity index (χ2v) is 6.53. The molecule has 2 fully saturated rings. The van der Waals surface area contributed by atoms with Gasteiger partial charge < -0.3 is 29.2 Å². The summed E-state index contributed by atoms with van der Waals surface area (Å²) >= 11 is 0. The Balaban J connectivity index is 1.45. The molecule has 1 N–H and O–H groups in total. The molecule has 1 aromatic carbocycles. The van der Waals surface area contributed by atoms with Gasteiger partial charge >= 0.3 is 0 Å². The minimum Gasteiger partial charge on any atom is -0.493 e. The molecular formula is C19H24N4O4. The van der Waals surface area contributed by atoms with E-state index in [0.29, 0.717) is 30.7 Å². The summed E-state index contributed by atoms with van der Waals surface area (Å²) in [6.07, 6.45) is 3.41. The first-order valence-corrected chi connectivity index (χ1v) is 9.06. The molecule has 0 aliphatic carbocycles. The molecule has 2 aliphatic heterocycles. The van der Waals surface area contributed by atoms with Gasteiger partial charge in [-0.25, -0.2) is 4.98 Å². The summed E-state index contributed by atoms with van der Waals surface area (Å²) in [5, 5.41) is 3.30. The van der Waals surface area contributed by atoms with Crippen molar-refractivity contribution in [1.82, 2.24) is 9.97 Å². The lowest BCUT2D eigenvalue weighted by Gasteiger charge is -2.37. The fourth-order valence-corrected chi connectivity index (χ4v) is 3.47. The van der Waals surface area contributed by atoms with Crippen molar-refractivity contribution >= 4 is 17.5 Å². The Morgan fingerprint density at radius 3 is 2.48 bits per heavy atom. The molecule has 0 bridgehead atoms. The van der Waals surface area contributed by atoms with Crippen LogP contribution in [0.2, 0.25) is 0 Å². The zero-order chi connectivity index (χ0) is 18.7. The van der Waals surface area contributed by atoms with Crippen molar-refractivity contribution in [2.24, 2.45) is 0 Å². The van der Waals surface area contributed by atoms with Gasteiger partial charge in [-0.2, -0.15) is 4.98 Å². The van der Waals surface area contributed by atoms with Gasteiger partial charge in [-0.1, -0.05) is 0 Å². The summed E-state index contributed by atoms with van der Waals surface area (Å²) in [5.74, 6) is 2.38. The summed E-state index contributed by atoms with van der Waals surface area (Å²) < 4.78 is 22.2. The highest BCUT2D eigenvalue weighted by Crippen LogP contribution is 2.33. The maximum absolute atomic E-state index is 5.78. The number of benzene rings is 1. The predicted octanol–water partition coefficient (Wildman–Crippen LogP) is 2.58. The van der Waals surface area contributed by atoms with Crippen LogP contribution in [0.3, 0.4) is 0 Å². The molecule has 144 valence electrons. The van der Waals surface area contributed by atoms with Crippen LogP contribution >= 0.6 is 0 Å². The zero-order valence-electron chi connectivity index (χ0n) is 15.6. The van der Waals surface area contributed by atoms with Gasteiger partial charge in [0, 0.05) is 43.9 Å². The number of hydrogen-bond acceptors (Lipinski definition) is 8. The molecule has 0 radical (unpaired) electrons. The van der Waals surface area contributed by atoms with Crippen molar-refractivity contribution in [1.29, 1.82) is 0 Å². The third kappa shape index (κ3) is 3.77. The SMILES string of the molecule is COc1ccc(Nc2ccnc(N3CCC4(CC3)OCCO4)n2)cc1OC. The number of hydrogen-bond donors (Lipinski definition) is 1. The highest BCUT2D eigenvalue weighted by atomic mass is 16.7. The van der Waals surface area contributed by atoms with Crippen LogP contribution in [0.15, 0.2) is 30.5 Å². The average molecular weight is 372 g/mol. The van der Waals surface area contributed by atoms with E-state index < -0.39 is 5.79 Å². The topological polar surface area (TPSA) is 78.0 Å². The molecule has 4 rings (SSSR count). The van der Waals surface area contributed by atoms with Crippen molar-refractivity contribution in [2.75, 3.05) is 50.7 Å². The smallest absolute Gasteiger partial charge is 0.227 e. The number of piperidine rings is 1. The molecule has 27 heavy (non-hydrogen) atoms. The molecule has 8 nitrogen and oxygen atoms in total. The largest absolute Gasteiger partial charge is 0.493 e. The highest BCUT2D eigenvalue weighted by molar-refractivity contribution is 5.62. The van der Waals surface area contributed by atoms with Gasteiger partial charge in [0.05, 0.1) is 27.4 Å². The number of rotatable bonds is 5. The van der Waals surface area contributed by atoms with Crippen molar-refractivity contribution in [3.05, 3.63) is 30.5 Å². The van der Waals surface area contributed by atoms with Gasteiger partial charge in [0.25, 0.3) is 0 Å². The predicted molar refractivity (Wildman–Crippen MR) is 101 cm³/mol. The Labute approximate surface area is 158 Å². The van der Waals surface area contributed by atoms with E-state index in [1.54, 1.807) is 20.4 Å². The number of aromatic nitrogens is 2. The number of methoxy groups -OCH3 is 2. The van der Waals surface area contributed by atoms with Crippen LogP contribution in [0.5, 0.6) is 11.5 Å². The van der Waals surface area contributed by atoms with Gasteiger partial charge in [-0.15, -0.1) is 0 Å². The number of ether oxygens (including phenoxy) is 4. The molecule has 0 amide bonds. The fourth-order valence-electron chi connectivity index (χ4n) is 3.47. The summed E-state index contributed by atoms with van der Waals surface area (Å²) in [5.41, 5.74) is 0.864. The Morgan fingerprint density at radius 1 is 1.04 bits per heavy atom. The Kier molecular flexibility index (Phi) is 5.00. The lowest BCUT2D eigenvalue weighted by Crippen LogP contribution is -2.45. The van der Waals surface area contributed by atoms with E-state index >= 15 is 0 Å². The Bertz CT molecular complexity index is 785. The van der Waals surface area contributed by atoms with Crippen LogP contribution < -0.4 is 19.7 Å². The zero-order valence-corrected chi connectivity index (χ0v) is 15.6. The van der Waals surface area contributed by atoms with Gasteiger partial charge in [-0.05, 0) is 18.2 Å². The van der Waals surface area contributed by atoms with E-state index in [1.165, 1.54) is 0 Å². The molecule has 2 aliphatic rings. The molecular weight excluding hydrogens is 348 g/mol. The van der Waals surface area contributed by atoms with Crippen molar-refractivity contribution in [3.8, 4) is 11.5 Å². The van der Waals surface area contributed by atoms with Crippen LogP contribution in [0.1, 0.15) is 12.8 Å². The third-order valence-corrected chi connectivity index (χ3v) is 4.92. The Morgan fingerprint density at radius 2 is 1.78 bits per heavy atom. The average Bonchev–Trinajstić information content (AvgIpc) is 3.16. The quantitative estimate of drug-likeness (QED) is 0.858. The second kappa shape index (κ2) is 7.58. The summed E-state index contributed by atoms with van der Waals surface area (Å²) in [6.45, 7) is 2.97. The highest BCUT2D eigenvalue weighted by Gasteiger charge is 2.40. The Hall–Kier alpha value is -2.58. The van der Waals surface area contributed by atoms with Gasteiger partial charge in [0.1, 0.15) is 5.82 Å². The van der Waals surface area contributed by atoms with Crippen LogP contribution in [-0.2, 0) is 9.47 Å². The van der Waals surface area contributed by atoms with E-state index in [2.05, 4.69) is 20.2 Å². The standard InChI is InChI=1S/C19H24N4O4/c1-24-15-4-3-14(13-16(15)25-2)21-17-5-8-20-18(22-17)23-9-6-19(7-10-23)26-11-12-27-19/h3-5,8,13H,6-7,9-12H2,1-2H3,(H,20,21,22). The molecule has 0 unspecified atom stereocenters. The van der Waals surface area contributed by atoms with Crippen molar-refractivity contribution < 1.29 is 18.9 Å². The normalized spacial score (nSPS) is 18.5. The minimum atomic E-state index is -0.397. The van der Waals surface area contributed by atoms with Gasteiger partial charge in [0.2, 0.25) is 5.95 Å².